The van der Waals surface area contributed by atoms with Crippen LogP contribution in [0.1, 0.15) is 18.7 Å². The number of aliphatic hydroxyl groups is 2. The molecular weight excluding hydrogens is 404 g/mol. The molecule has 2 heterocycles. The minimum Gasteiger partial charge on any atom is -0.497 e. The van der Waals surface area contributed by atoms with Crippen molar-refractivity contribution in [3.05, 3.63) is 42.5 Å². The summed E-state index contributed by atoms with van der Waals surface area (Å²) in [5, 5.41) is 22.3. The van der Waals surface area contributed by atoms with Gasteiger partial charge in [-0.15, -0.1) is 0 Å². The van der Waals surface area contributed by atoms with E-state index in [1.807, 2.05) is 0 Å². The summed E-state index contributed by atoms with van der Waals surface area (Å²) in [5.41, 5.74) is 7.53. The van der Waals surface area contributed by atoms with E-state index >= 15 is 0 Å². The number of methoxy groups -OCH3 is 1. The minimum absolute atomic E-state index is 0.00477. The molecule has 0 aliphatic carbocycles. The van der Waals surface area contributed by atoms with Gasteiger partial charge in [-0.3, -0.25) is 9.36 Å². The van der Waals surface area contributed by atoms with E-state index in [2.05, 4.69) is 20.3 Å². The summed E-state index contributed by atoms with van der Waals surface area (Å²) in [6.45, 7) is 1.21. The molecule has 3 rings (SSSR count). The highest BCUT2D eigenvalue weighted by atomic mass is 16.5. The van der Waals surface area contributed by atoms with E-state index in [0.717, 1.165) is 5.56 Å². The first-order valence-corrected chi connectivity index (χ1v) is 9.70. The molecule has 3 aromatic rings. The molecule has 1 amide bonds. The van der Waals surface area contributed by atoms with Crippen molar-refractivity contribution in [1.29, 1.82) is 0 Å². The molecule has 5 N–H and O–H groups in total. The molecule has 0 spiro atoms. The van der Waals surface area contributed by atoms with E-state index < -0.39 is 25.0 Å². The van der Waals surface area contributed by atoms with Gasteiger partial charge in [0.05, 0.1) is 26.5 Å². The van der Waals surface area contributed by atoms with E-state index in [9.17, 15) is 15.0 Å². The summed E-state index contributed by atoms with van der Waals surface area (Å²) in [6, 6.07) is 7.15. The van der Waals surface area contributed by atoms with Gasteiger partial charge in [-0.2, -0.15) is 0 Å². The van der Waals surface area contributed by atoms with Crippen molar-refractivity contribution in [2.24, 2.45) is 0 Å². The van der Waals surface area contributed by atoms with Crippen LogP contribution in [0.5, 0.6) is 5.75 Å². The first kappa shape index (κ1) is 22.4. The van der Waals surface area contributed by atoms with Gasteiger partial charge in [0.15, 0.2) is 11.5 Å². The highest BCUT2D eigenvalue weighted by Gasteiger charge is 2.24. The number of imidazole rings is 1. The van der Waals surface area contributed by atoms with Gasteiger partial charge in [-0.1, -0.05) is 12.1 Å². The Labute approximate surface area is 178 Å². The van der Waals surface area contributed by atoms with Crippen LogP contribution in [0.4, 0.5) is 5.82 Å². The number of anilines is 1. The van der Waals surface area contributed by atoms with Crippen molar-refractivity contribution >= 4 is 22.9 Å². The number of nitrogen functional groups attached to an aromatic ring is 1. The van der Waals surface area contributed by atoms with E-state index in [-0.39, 0.29) is 24.7 Å². The predicted octanol–water partition coefficient (Wildman–Crippen LogP) is 0.0329. The first-order valence-electron chi connectivity index (χ1n) is 9.70. The van der Waals surface area contributed by atoms with Crippen molar-refractivity contribution in [3.63, 3.8) is 0 Å². The fraction of sp³-hybridized carbons (Fsp3) is 0.400. The smallest absolute Gasteiger partial charge is 0.224 e. The number of nitrogens with zero attached hydrogens (tertiary/aromatic N) is 4. The Morgan fingerprint density at radius 2 is 2.00 bits per heavy atom. The summed E-state index contributed by atoms with van der Waals surface area (Å²) in [4.78, 5) is 24.6. The molecule has 11 heteroatoms. The molecule has 3 atom stereocenters. The highest BCUT2D eigenvalue weighted by molar-refractivity contribution is 5.81. The van der Waals surface area contributed by atoms with Gasteiger partial charge >= 0.3 is 0 Å². The molecule has 166 valence electrons. The van der Waals surface area contributed by atoms with Gasteiger partial charge in [0.2, 0.25) is 5.91 Å². The second-order valence-electron chi connectivity index (χ2n) is 6.94. The maximum Gasteiger partial charge on any atom is 0.224 e. The summed E-state index contributed by atoms with van der Waals surface area (Å²) >= 11 is 0. The Hall–Kier alpha value is -3.28. The Morgan fingerprint density at radius 3 is 2.68 bits per heavy atom. The second kappa shape index (κ2) is 10.2. The van der Waals surface area contributed by atoms with Crippen LogP contribution in [-0.2, 0) is 16.0 Å². The summed E-state index contributed by atoms with van der Waals surface area (Å²) in [7, 11) is 1.57. The topological polar surface area (TPSA) is 158 Å². The number of carbonyl (C=O) groups excluding carboxylic acids is 1. The number of amides is 1. The van der Waals surface area contributed by atoms with Crippen LogP contribution < -0.4 is 15.8 Å². The lowest BCUT2D eigenvalue weighted by molar-refractivity contribution is -0.126. The summed E-state index contributed by atoms with van der Waals surface area (Å²) in [5.74, 6) is 0.704. The van der Waals surface area contributed by atoms with Gasteiger partial charge < -0.3 is 30.7 Å². The third kappa shape index (κ3) is 5.45. The molecule has 3 unspecified atom stereocenters. The largest absolute Gasteiger partial charge is 0.497 e. The number of carbonyl (C=O) groups is 1. The summed E-state index contributed by atoms with van der Waals surface area (Å²) < 4.78 is 12.6. The Morgan fingerprint density at radius 1 is 1.26 bits per heavy atom. The second-order valence-corrected chi connectivity index (χ2v) is 6.94. The number of nitrogens with two attached hydrogens (primary N) is 1. The fourth-order valence-electron chi connectivity index (χ4n) is 3.05. The molecular formula is C20H26N6O5. The maximum atomic E-state index is 12.3. The zero-order valence-corrected chi connectivity index (χ0v) is 17.3. The van der Waals surface area contributed by atoms with Crippen LogP contribution in [0.15, 0.2) is 36.9 Å². The average molecular weight is 430 g/mol. The lowest BCUT2D eigenvalue weighted by Gasteiger charge is -2.26. The van der Waals surface area contributed by atoms with Gasteiger partial charge in [-0.25, -0.2) is 15.0 Å². The number of aromatic nitrogens is 4. The Balaban J connectivity index is 1.62. The molecule has 0 saturated heterocycles. The van der Waals surface area contributed by atoms with Crippen molar-refractivity contribution < 1.29 is 24.5 Å². The lowest BCUT2D eigenvalue weighted by atomic mass is 10.1. The molecule has 1 aromatic carbocycles. The number of benzene rings is 1. The number of rotatable bonds is 10. The molecule has 0 bridgehead atoms. The van der Waals surface area contributed by atoms with Crippen molar-refractivity contribution in [3.8, 4) is 5.75 Å². The number of hydrogen-bond donors (Lipinski definition) is 4. The third-order valence-corrected chi connectivity index (χ3v) is 4.79. The molecule has 0 fully saturated rings. The average Bonchev–Trinajstić information content (AvgIpc) is 3.22. The molecule has 0 aliphatic rings. The molecule has 0 saturated carbocycles. The molecule has 2 aromatic heterocycles. The molecule has 11 nitrogen and oxygen atoms in total. The fourth-order valence-corrected chi connectivity index (χ4v) is 3.05. The minimum atomic E-state index is -1.20. The molecule has 0 radical (unpaired) electrons. The first-order chi connectivity index (χ1) is 14.9. The van der Waals surface area contributed by atoms with Gasteiger partial charge in [-0.05, 0) is 24.6 Å². The maximum absolute atomic E-state index is 12.3. The number of ether oxygens (including phenoxy) is 2. The molecule has 0 aliphatic heterocycles. The lowest BCUT2D eigenvalue weighted by Crippen LogP contribution is -2.43. The van der Waals surface area contributed by atoms with Crippen LogP contribution in [-0.4, -0.2) is 68.1 Å². The Kier molecular flexibility index (Phi) is 7.34. The quantitative estimate of drug-likeness (QED) is 0.348. The predicted molar refractivity (Wildman–Crippen MR) is 112 cm³/mol. The monoisotopic (exact) mass is 430 g/mol. The summed E-state index contributed by atoms with van der Waals surface area (Å²) in [6.07, 6.45) is 0.315. The zero-order chi connectivity index (χ0) is 22.4. The number of fused-ring (bicyclic) bond motifs is 1. The van der Waals surface area contributed by atoms with E-state index in [4.69, 9.17) is 15.2 Å². The van der Waals surface area contributed by atoms with Gasteiger partial charge in [0.25, 0.3) is 0 Å². The van der Waals surface area contributed by atoms with Crippen molar-refractivity contribution in [2.45, 2.75) is 31.8 Å². The van der Waals surface area contributed by atoms with E-state index in [1.165, 1.54) is 12.7 Å². The van der Waals surface area contributed by atoms with Gasteiger partial charge in [0, 0.05) is 6.54 Å². The SMILES string of the molecule is COc1ccc(CC(=O)NCC(OC(C)n2cnc3c(N)ncnc32)C(O)CO)cc1. The van der Waals surface area contributed by atoms with Crippen LogP contribution in [0.2, 0.25) is 0 Å². The number of aliphatic hydroxyl groups excluding tert-OH is 2. The van der Waals surface area contributed by atoms with Crippen LogP contribution in [0.3, 0.4) is 0 Å². The standard InChI is InChI=1S/C20H26N6O5/c1-12(26-11-25-18-19(21)23-10-24-20(18)26)31-16(15(28)9-27)8-22-17(29)7-13-3-5-14(30-2)6-4-13/h3-6,10-12,15-16,27-28H,7-9H2,1-2H3,(H,22,29)(H2,21,23,24). The zero-order valence-electron chi connectivity index (χ0n) is 17.3. The molecule has 31 heavy (non-hydrogen) atoms. The van der Waals surface area contributed by atoms with E-state index in [0.29, 0.717) is 16.9 Å². The van der Waals surface area contributed by atoms with Gasteiger partial charge in [0.1, 0.15) is 36.0 Å². The van der Waals surface area contributed by atoms with Crippen LogP contribution >= 0.6 is 0 Å². The highest BCUT2D eigenvalue weighted by Crippen LogP contribution is 2.21. The van der Waals surface area contributed by atoms with Crippen LogP contribution in [0.25, 0.3) is 11.2 Å². The van der Waals surface area contributed by atoms with Crippen LogP contribution in [0, 0.1) is 0 Å². The van der Waals surface area contributed by atoms with Crippen molar-refractivity contribution in [1.82, 2.24) is 24.8 Å². The Bertz CT molecular complexity index is 1010. The number of nitrogens with one attached hydrogen (secondary N) is 1. The van der Waals surface area contributed by atoms with E-state index in [1.54, 1.807) is 42.9 Å². The third-order valence-electron chi connectivity index (χ3n) is 4.79. The normalized spacial score (nSPS) is 14.2. The van der Waals surface area contributed by atoms with Crippen molar-refractivity contribution in [2.75, 3.05) is 26.0 Å². The number of hydrogen-bond acceptors (Lipinski definition) is 9.